The third-order valence-corrected chi connectivity index (χ3v) is 2.17. The van der Waals surface area contributed by atoms with Gasteiger partial charge in [0, 0.05) is 5.57 Å². The molecule has 0 aromatic heterocycles. The second-order valence-corrected chi connectivity index (χ2v) is 3.63. The fraction of sp³-hybridized carbons (Fsp3) is 0.267. The number of benzene rings is 1. The van der Waals surface area contributed by atoms with Gasteiger partial charge in [0.25, 0.3) is 0 Å². The number of carboxylic acids is 1. The Bertz CT molecular complexity index is 352. The van der Waals surface area contributed by atoms with Gasteiger partial charge in [0.2, 0.25) is 0 Å². The molecule has 0 aliphatic heterocycles. The molecule has 0 unspecified atom stereocenters. The van der Waals surface area contributed by atoms with Crippen LogP contribution in [0.1, 0.15) is 31.7 Å². The molecule has 0 bridgehead atoms. The molecule has 0 aliphatic carbocycles. The quantitative estimate of drug-likeness (QED) is 0.774. The van der Waals surface area contributed by atoms with Crippen LogP contribution in [0, 0.1) is 0 Å². The molecule has 1 aromatic carbocycles. The number of unbranched alkanes of at least 4 members (excludes halogenated alkanes) is 1. The van der Waals surface area contributed by atoms with Crippen molar-refractivity contribution in [3.8, 4) is 0 Å². The summed E-state index contributed by atoms with van der Waals surface area (Å²) in [5.74, 6) is -0.872. The Kier molecular flexibility index (Phi) is 8.39. The van der Waals surface area contributed by atoms with E-state index in [1.54, 1.807) is 0 Å². The lowest BCUT2D eigenvalue weighted by Crippen LogP contribution is -1.97. The summed E-state index contributed by atoms with van der Waals surface area (Å²) in [6.07, 6.45) is 4.39. The van der Waals surface area contributed by atoms with E-state index in [2.05, 4.69) is 13.2 Å². The van der Waals surface area contributed by atoms with Crippen molar-refractivity contribution in [2.45, 2.75) is 26.2 Å². The van der Waals surface area contributed by atoms with Crippen molar-refractivity contribution in [1.82, 2.24) is 0 Å². The molecule has 0 radical (unpaired) electrons. The SMILES string of the molecule is C=C(CCCC)C(=O)O.C=Cc1ccccc1. The molecule has 0 saturated carbocycles. The minimum absolute atomic E-state index is 0.317. The van der Waals surface area contributed by atoms with E-state index in [1.807, 2.05) is 43.3 Å². The van der Waals surface area contributed by atoms with Crippen molar-refractivity contribution in [2.75, 3.05) is 0 Å². The molecule has 0 fully saturated rings. The van der Waals surface area contributed by atoms with E-state index in [0.717, 1.165) is 12.8 Å². The van der Waals surface area contributed by atoms with Gasteiger partial charge in [0.05, 0.1) is 0 Å². The lowest BCUT2D eigenvalue weighted by molar-refractivity contribution is -0.132. The molecule has 0 saturated heterocycles. The Morgan fingerprint density at radius 2 is 1.94 bits per heavy atom. The van der Waals surface area contributed by atoms with Crippen molar-refractivity contribution in [2.24, 2.45) is 0 Å². The highest BCUT2D eigenvalue weighted by Gasteiger charge is 2.00. The van der Waals surface area contributed by atoms with E-state index in [9.17, 15) is 4.79 Å². The number of carbonyl (C=O) groups is 1. The Morgan fingerprint density at radius 1 is 1.35 bits per heavy atom. The first-order chi connectivity index (χ1) is 8.11. The molecule has 0 amide bonds. The molecule has 1 N–H and O–H groups in total. The first-order valence-corrected chi connectivity index (χ1v) is 5.70. The normalized spacial score (nSPS) is 8.76. The molecule has 0 spiro atoms. The Morgan fingerprint density at radius 3 is 2.29 bits per heavy atom. The van der Waals surface area contributed by atoms with Crippen molar-refractivity contribution in [1.29, 1.82) is 0 Å². The van der Waals surface area contributed by atoms with Crippen molar-refractivity contribution >= 4 is 12.0 Å². The minimum Gasteiger partial charge on any atom is -0.478 e. The van der Waals surface area contributed by atoms with Gasteiger partial charge in [0.15, 0.2) is 0 Å². The number of aliphatic carboxylic acids is 1. The standard InChI is InChI=1S/C8H8.C7H12O2/c1-2-8-6-4-3-5-7-8;1-3-4-5-6(2)7(8)9/h2-7H,1H2;2-5H2,1H3,(H,8,9). The smallest absolute Gasteiger partial charge is 0.330 e. The highest BCUT2D eigenvalue weighted by molar-refractivity contribution is 5.85. The summed E-state index contributed by atoms with van der Waals surface area (Å²) in [7, 11) is 0. The van der Waals surface area contributed by atoms with Crippen LogP contribution in [0.5, 0.6) is 0 Å². The van der Waals surface area contributed by atoms with Gasteiger partial charge in [0.1, 0.15) is 0 Å². The average molecular weight is 232 g/mol. The third-order valence-electron chi connectivity index (χ3n) is 2.17. The Balaban J connectivity index is 0.000000302. The second kappa shape index (κ2) is 9.40. The summed E-state index contributed by atoms with van der Waals surface area (Å²) in [4.78, 5) is 10.1. The average Bonchev–Trinajstić information content (AvgIpc) is 2.37. The van der Waals surface area contributed by atoms with Crippen LogP contribution in [-0.2, 0) is 4.79 Å². The van der Waals surface area contributed by atoms with E-state index >= 15 is 0 Å². The fourth-order valence-electron chi connectivity index (χ4n) is 1.09. The van der Waals surface area contributed by atoms with Gasteiger partial charge in [-0.3, -0.25) is 0 Å². The van der Waals surface area contributed by atoms with Crippen molar-refractivity contribution < 1.29 is 9.90 Å². The van der Waals surface area contributed by atoms with Crippen LogP contribution < -0.4 is 0 Å². The Hall–Kier alpha value is -1.83. The molecule has 1 rings (SSSR count). The molecule has 1 aromatic rings. The summed E-state index contributed by atoms with van der Waals surface area (Å²) >= 11 is 0. The highest BCUT2D eigenvalue weighted by Crippen LogP contribution is 2.03. The monoisotopic (exact) mass is 232 g/mol. The molecular weight excluding hydrogens is 212 g/mol. The van der Waals surface area contributed by atoms with E-state index in [0.29, 0.717) is 12.0 Å². The summed E-state index contributed by atoms with van der Waals surface area (Å²) < 4.78 is 0. The predicted octanol–water partition coefficient (Wildman–Crippen LogP) is 4.15. The summed E-state index contributed by atoms with van der Waals surface area (Å²) in [6.45, 7) is 9.05. The van der Waals surface area contributed by atoms with Gasteiger partial charge < -0.3 is 5.11 Å². The topological polar surface area (TPSA) is 37.3 Å². The number of hydrogen-bond acceptors (Lipinski definition) is 1. The van der Waals surface area contributed by atoms with Crippen LogP contribution in [0.15, 0.2) is 49.1 Å². The zero-order chi connectivity index (χ0) is 13.1. The number of rotatable bonds is 5. The lowest BCUT2D eigenvalue weighted by atomic mass is 10.1. The predicted molar refractivity (Wildman–Crippen MR) is 72.8 cm³/mol. The molecule has 17 heavy (non-hydrogen) atoms. The molecule has 0 aliphatic rings. The molecular formula is C15H20O2. The fourth-order valence-corrected chi connectivity index (χ4v) is 1.09. The zero-order valence-corrected chi connectivity index (χ0v) is 10.4. The van der Waals surface area contributed by atoms with Gasteiger partial charge >= 0.3 is 5.97 Å². The van der Waals surface area contributed by atoms with Gasteiger partial charge in [-0.2, -0.15) is 0 Å². The molecule has 0 atom stereocenters. The summed E-state index contributed by atoms with van der Waals surface area (Å²) in [6, 6.07) is 10.0. The molecule has 2 heteroatoms. The van der Waals surface area contributed by atoms with E-state index in [1.165, 1.54) is 5.56 Å². The van der Waals surface area contributed by atoms with E-state index in [4.69, 9.17) is 5.11 Å². The Labute approximate surface area is 103 Å². The van der Waals surface area contributed by atoms with E-state index < -0.39 is 5.97 Å². The summed E-state index contributed by atoms with van der Waals surface area (Å²) in [5, 5.41) is 8.31. The van der Waals surface area contributed by atoms with Crippen molar-refractivity contribution in [3.05, 3.63) is 54.6 Å². The maximum absolute atomic E-state index is 10.1. The van der Waals surface area contributed by atoms with Crippen LogP contribution in [0.25, 0.3) is 6.08 Å². The first-order valence-electron chi connectivity index (χ1n) is 5.70. The van der Waals surface area contributed by atoms with E-state index in [-0.39, 0.29) is 0 Å². The van der Waals surface area contributed by atoms with Crippen LogP contribution in [0.2, 0.25) is 0 Å². The van der Waals surface area contributed by atoms with Crippen molar-refractivity contribution in [3.63, 3.8) is 0 Å². The van der Waals surface area contributed by atoms with Crippen LogP contribution in [-0.4, -0.2) is 11.1 Å². The lowest BCUT2D eigenvalue weighted by Gasteiger charge is -1.95. The minimum atomic E-state index is -0.872. The van der Waals surface area contributed by atoms with Crippen LogP contribution >= 0.6 is 0 Å². The summed E-state index contributed by atoms with van der Waals surface area (Å²) in [5.41, 5.74) is 1.49. The second-order valence-electron chi connectivity index (χ2n) is 3.63. The van der Waals surface area contributed by atoms with Gasteiger partial charge in [-0.15, -0.1) is 0 Å². The van der Waals surface area contributed by atoms with Gasteiger partial charge in [-0.25, -0.2) is 4.79 Å². The van der Waals surface area contributed by atoms with Gasteiger partial charge in [-0.05, 0) is 18.4 Å². The first kappa shape index (κ1) is 15.2. The maximum atomic E-state index is 10.1. The van der Waals surface area contributed by atoms with Crippen LogP contribution in [0.4, 0.5) is 0 Å². The highest BCUT2D eigenvalue weighted by atomic mass is 16.4. The molecule has 92 valence electrons. The molecule has 0 heterocycles. The van der Waals surface area contributed by atoms with Crippen LogP contribution in [0.3, 0.4) is 0 Å². The largest absolute Gasteiger partial charge is 0.478 e. The maximum Gasteiger partial charge on any atom is 0.330 e. The van der Waals surface area contributed by atoms with Gasteiger partial charge in [-0.1, -0.05) is 62.9 Å². The number of hydrogen-bond donors (Lipinski definition) is 1. The third kappa shape index (κ3) is 8.03. The molecule has 2 nitrogen and oxygen atoms in total. The number of carboxylic acid groups (broad SMARTS) is 1. The zero-order valence-electron chi connectivity index (χ0n) is 10.4.